The lowest BCUT2D eigenvalue weighted by Gasteiger charge is -2.03. The number of carbonyl (C=O) groups is 1. The first-order valence-corrected chi connectivity index (χ1v) is 6.28. The van der Waals surface area contributed by atoms with Gasteiger partial charge in [-0.2, -0.15) is 0 Å². The molecule has 3 aromatic rings. The van der Waals surface area contributed by atoms with Crippen LogP contribution in [0.15, 0.2) is 59.3 Å². The number of fused-ring (bicyclic) bond motifs is 1. The maximum absolute atomic E-state index is 12.4. The van der Waals surface area contributed by atoms with Crippen molar-refractivity contribution in [3.63, 3.8) is 0 Å². The SMILES string of the molecule is O=C(c1ccccc1)c1cnc2cccc(Br)n12. The van der Waals surface area contributed by atoms with E-state index in [0.29, 0.717) is 11.3 Å². The summed E-state index contributed by atoms with van der Waals surface area (Å²) in [5, 5.41) is 0. The Labute approximate surface area is 112 Å². The van der Waals surface area contributed by atoms with Gasteiger partial charge in [0.2, 0.25) is 5.78 Å². The third-order valence-electron chi connectivity index (χ3n) is 2.75. The highest BCUT2D eigenvalue weighted by Crippen LogP contribution is 2.18. The summed E-state index contributed by atoms with van der Waals surface area (Å²) in [7, 11) is 0. The van der Waals surface area contributed by atoms with Gasteiger partial charge in [-0.25, -0.2) is 4.98 Å². The number of hydrogen-bond acceptors (Lipinski definition) is 2. The Hall–Kier alpha value is -1.94. The standard InChI is InChI=1S/C14H9BrN2O/c15-12-7-4-8-13-16-9-11(17(12)13)14(18)10-5-2-1-3-6-10/h1-9H. The van der Waals surface area contributed by atoms with Gasteiger partial charge in [-0.15, -0.1) is 0 Å². The number of benzene rings is 1. The van der Waals surface area contributed by atoms with Crippen LogP contribution in [0.5, 0.6) is 0 Å². The molecule has 0 atom stereocenters. The average Bonchev–Trinajstić information content (AvgIpc) is 2.84. The summed E-state index contributed by atoms with van der Waals surface area (Å²) < 4.78 is 2.62. The van der Waals surface area contributed by atoms with E-state index < -0.39 is 0 Å². The lowest BCUT2D eigenvalue weighted by atomic mass is 10.1. The fraction of sp³-hybridized carbons (Fsp3) is 0. The maximum atomic E-state index is 12.4. The molecule has 0 unspecified atom stereocenters. The van der Waals surface area contributed by atoms with Gasteiger partial charge >= 0.3 is 0 Å². The van der Waals surface area contributed by atoms with Crippen molar-refractivity contribution in [2.45, 2.75) is 0 Å². The molecule has 88 valence electrons. The lowest BCUT2D eigenvalue weighted by molar-refractivity contribution is 0.103. The number of nitrogens with zero attached hydrogens (tertiary/aromatic N) is 2. The lowest BCUT2D eigenvalue weighted by Crippen LogP contribution is -2.05. The van der Waals surface area contributed by atoms with Crippen molar-refractivity contribution >= 4 is 27.4 Å². The van der Waals surface area contributed by atoms with Crippen molar-refractivity contribution < 1.29 is 4.79 Å². The van der Waals surface area contributed by atoms with Crippen LogP contribution in [0.3, 0.4) is 0 Å². The molecule has 0 bridgehead atoms. The second-order valence-corrected chi connectivity index (χ2v) is 4.69. The van der Waals surface area contributed by atoms with Crippen molar-refractivity contribution in [3.05, 3.63) is 70.6 Å². The number of hydrogen-bond donors (Lipinski definition) is 0. The van der Waals surface area contributed by atoms with Crippen LogP contribution in [0.2, 0.25) is 0 Å². The average molecular weight is 301 g/mol. The van der Waals surface area contributed by atoms with E-state index in [0.717, 1.165) is 10.3 Å². The summed E-state index contributed by atoms with van der Waals surface area (Å²) in [6, 6.07) is 14.8. The summed E-state index contributed by atoms with van der Waals surface area (Å²) in [5.41, 5.74) is 1.97. The van der Waals surface area contributed by atoms with E-state index in [1.54, 1.807) is 22.7 Å². The summed E-state index contributed by atoms with van der Waals surface area (Å²) in [6.45, 7) is 0. The van der Waals surface area contributed by atoms with Crippen LogP contribution in [0.25, 0.3) is 5.65 Å². The summed E-state index contributed by atoms with van der Waals surface area (Å²) in [4.78, 5) is 16.6. The van der Waals surface area contributed by atoms with E-state index >= 15 is 0 Å². The predicted molar refractivity (Wildman–Crippen MR) is 72.8 cm³/mol. The second-order valence-electron chi connectivity index (χ2n) is 3.88. The van der Waals surface area contributed by atoms with Crippen LogP contribution in [0.4, 0.5) is 0 Å². The van der Waals surface area contributed by atoms with Crippen molar-refractivity contribution in [1.82, 2.24) is 9.38 Å². The maximum Gasteiger partial charge on any atom is 0.211 e. The molecule has 0 N–H and O–H groups in total. The van der Waals surface area contributed by atoms with E-state index in [2.05, 4.69) is 20.9 Å². The van der Waals surface area contributed by atoms with Crippen LogP contribution in [0.1, 0.15) is 16.1 Å². The van der Waals surface area contributed by atoms with Crippen LogP contribution < -0.4 is 0 Å². The zero-order valence-electron chi connectivity index (χ0n) is 9.38. The first kappa shape index (κ1) is 11.2. The molecule has 0 aliphatic rings. The number of ketones is 1. The highest BCUT2D eigenvalue weighted by atomic mass is 79.9. The van der Waals surface area contributed by atoms with Gasteiger partial charge in [0.05, 0.1) is 10.8 Å². The number of imidazole rings is 1. The molecule has 2 heterocycles. The molecule has 4 heteroatoms. The Morgan fingerprint density at radius 3 is 2.61 bits per heavy atom. The molecular weight excluding hydrogens is 292 g/mol. The quantitative estimate of drug-likeness (QED) is 0.537. The molecule has 0 saturated heterocycles. The number of pyridine rings is 1. The molecule has 0 fully saturated rings. The van der Waals surface area contributed by atoms with Gasteiger partial charge in [-0.05, 0) is 28.1 Å². The monoisotopic (exact) mass is 300 g/mol. The minimum Gasteiger partial charge on any atom is -0.287 e. The summed E-state index contributed by atoms with van der Waals surface area (Å²) in [5.74, 6) is -0.0324. The molecular formula is C14H9BrN2O. The van der Waals surface area contributed by atoms with Crippen molar-refractivity contribution in [3.8, 4) is 0 Å². The van der Waals surface area contributed by atoms with Crippen LogP contribution in [0, 0.1) is 0 Å². The van der Waals surface area contributed by atoms with Gasteiger partial charge in [0.25, 0.3) is 0 Å². The zero-order valence-corrected chi connectivity index (χ0v) is 11.0. The van der Waals surface area contributed by atoms with Gasteiger partial charge in [-0.1, -0.05) is 36.4 Å². The molecule has 1 aromatic carbocycles. The van der Waals surface area contributed by atoms with Gasteiger partial charge in [0.15, 0.2) is 0 Å². The van der Waals surface area contributed by atoms with Crippen molar-refractivity contribution in [2.24, 2.45) is 0 Å². The highest BCUT2D eigenvalue weighted by molar-refractivity contribution is 9.10. The van der Waals surface area contributed by atoms with Crippen LogP contribution >= 0.6 is 15.9 Å². The highest BCUT2D eigenvalue weighted by Gasteiger charge is 2.15. The number of halogens is 1. The third-order valence-corrected chi connectivity index (χ3v) is 3.37. The molecule has 0 saturated carbocycles. The van der Waals surface area contributed by atoms with E-state index in [9.17, 15) is 4.79 Å². The van der Waals surface area contributed by atoms with Gasteiger partial charge in [-0.3, -0.25) is 9.20 Å². The first-order chi connectivity index (χ1) is 8.77. The molecule has 3 nitrogen and oxygen atoms in total. The summed E-state index contributed by atoms with van der Waals surface area (Å²) >= 11 is 3.44. The van der Waals surface area contributed by atoms with Crippen molar-refractivity contribution in [1.29, 1.82) is 0 Å². The van der Waals surface area contributed by atoms with Gasteiger partial charge < -0.3 is 0 Å². The minimum absolute atomic E-state index is 0.0324. The second kappa shape index (κ2) is 4.38. The molecule has 0 radical (unpaired) electrons. The van der Waals surface area contributed by atoms with Gasteiger partial charge in [0, 0.05) is 5.56 Å². The smallest absolute Gasteiger partial charge is 0.211 e. The van der Waals surface area contributed by atoms with E-state index in [-0.39, 0.29) is 5.78 Å². The van der Waals surface area contributed by atoms with E-state index in [4.69, 9.17) is 0 Å². The van der Waals surface area contributed by atoms with Crippen LogP contribution in [-0.4, -0.2) is 15.2 Å². The summed E-state index contributed by atoms with van der Waals surface area (Å²) in [6.07, 6.45) is 1.61. The van der Waals surface area contributed by atoms with Crippen molar-refractivity contribution in [2.75, 3.05) is 0 Å². The fourth-order valence-electron chi connectivity index (χ4n) is 1.89. The Bertz CT molecular complexity index is 719. The third kappa shape index (κ3) is 1.75. The van der Waals surface area contributed by atoms with E-state index in [1.807, 2.05) is 36.4 Å². The fourth-order valence-corrected chi connectivity index (χ4v) is 2.42. The predicted octanol–water partition coefficient (Wildman–Crippen LogP) is 3.33. The number of aromatic nitrogens is 2. The normalized spacial score (nSPS) is 10.7. The Kier molecular flexibility index (Phi) is 2.72. The molecule has 3 rings (SSSR count). The minimum atomic E-state index is -0.0324. The first-order valence-electron chi connectivity index (χ1n) is 5.49. The number of carbonyl (C=O) groups excluding carboxylic acids is 1. The molecule has 0 aliphatic heterocycles. The van der Waals surface area contributed by atoms with Crippen LogP contribution in [-0.2, 0) is 0 Å². The number of rotatable bonds is 2. The largest absolute Gasteiger partial charge is 0.287 e. The Morgan fingerprint density at radius 1 is 1.06 bits per heavy atom. The molecule has 0 amide bonds. The molecule has 0 aliphatic carbocycles. The Balaban J connectivity index is 2.19. The molecule has 0 spiro atoms. The van der Waals surface area contributed by atoms with E-state index in [1.165, 1.54) is 0 Å². The van der Waals surface area contributed by atoms with Gasteiger partial charge in [0.1, 0.15) is 11.3 Å². The topological polar surface area (TPSA) is 34.4 Å². The zero-order chi connectivity index (χ0) is 12.5. The molecule has 2 aromatic heterocycles. The Morgan fingerprint density at radius 2 is 1.83 bits per heavy atom. The molecule has 18 heavy (non-hydrogen) atoms.